The van der Waals surface area contributed by atoms with Gasteiger partial charge in [-0.3, -0.25) is 14.5 Å². The normalized spacial score (nSPS) is 11.6. The number of hydrogen-bond acceptors (Lipinski definition) is 5. The van der Waals surface area contributed by atoms with Crippen LogP contribution in [0.15, 0.2) is 47.1 Å². The van der Waals surface area contributed by atoms with Gasteiger partial charge in [0.1, 0.15) is 5.76 Å². The van der Waals surface area contributed by atoms with Crippen molar-refractivity contribution in [1.29, 1.82) is 5.26 Å². The van der Waals surface area contributed by atoms with Gasteiger partial charge in [-0.05, 0) is 44.3 Å². The molecule has 2 aromatic rings. The molecule has 0 spiro atoms. The average molecular weight is 340 g/mol. The van der Waals surface area contributed by atoms with Crippen LogP contribution in [-0.4, -0.2) is 36.3 Å². The second-order valence-electron chi connectivity index (χ2n) is 5.63. The summed E-state index contributed by atoms with van der Waals surface area (Å²) < 4.78 is 5.14. The molecule has 1 aromatic carbocycles. The van der Waals surface area contributed by atoms with E-state index in [4.69, 9.17) is 9.68 Å². The predicted octanol–water partition coefficient (Wildman–Crippen LogP) is 1.73. The molecule has 0 radical (unpaired) electrons. The number of nitrogens with zero attached hydrogens (tertiary/aromatic N) is 2. The summed E-state index contributed by atoms with van der Waals surface area (Å²) in [4.78, 5) is 25.9. The summed E-state index contributed by atoms with van der Waals surface area (Å²) in [7, 11) is 1.70. The summed E-state index contributed by atoms with van der Waals surface area (Å²) in [6.07, 6.45) is 1.54. The van der Waals surface area contributed by atoms with E-state index in [2.05, 4.69) is 10.6 Å². The van der Waals surface area contributed by atoms with Gasteiger partial charge >= 0.3 is 0 Å². The second kappa shape index (κ2) is 8.66. The molecule has 2 rings (SSSR count). The Morgan fingerprint density at radius 1 is 1.32 bits per heavy atom. The minimum Gasteiger partial charge on any atom is -0.467 e. The summed E-state index contributed by atoms with van der Waals surface area (Å²) in [5, 5.41) is 14.4. The van der Waals surface area contributed by atoms with Gasteiger partial charge in [0, 0.05) is 5.69 Å². The number of hydrogen-bond donors (Lipinski definition) is 2. The van der Waals surface area contributed by atoms with Gasteiger partial charge in [-0.15, -0.1) is 0 Å². The van der Waals surface area contributed by atoms with Crippen molar-refractivity contribution in [3.05, 3.63) is 54.0 Å². The molecule has 0 aliphatic heterocycles. The van der Waals surface area contributed by atoms with Crippen molar-refractivity contribution in [3.8, 4) is 6.07 Å². The maximum Gasteiger partial charge on any atom is 0.241 e. The van der Waals surface area contributed by atoms with Crippen molar-refractivity contribution >= 4 is 17.5 Å². The zero-order valence-electron chi connectivity index (χ0n) is 14.2. The molecule has 2 amide bonds. The molecule has 1 heterocycles. The number of rotatable bonds is 7. The van der Waals surface area contributed by atoms with Crippen molar-refractivity contribution < 1.29 is 14.0 Å². The lowest BCUT2D eigenvalue weighted by molar-refractivity contribution is -0.125. The molecule has 130 valence electrons. The SMILES string of the molecule is CC(C(=O)Nc1cccc(C#N)c1)N(C)CC(=O)NCc1ccco1. The highest BCUT2D eigenvalue weighted by atomic mass is 16.3. The van der Waals surface area contributed by atoms with Crippen LogP contribution in [0.5, 0.6) is 0 Å². The number of carbonyl (C=O) groups is 2. The van der Waals surface area contributed by atoms with Gasteiger partial charge in [-0.25, -0.2) is 0 Å². The van der Waals surface area contributed by atoms with Gasteiger partial charge < -0.3 is 15.1 Å². The first kappa shape index (κ1) is 18.2. The number of nitrogens with one attached hydrogen (secondary N) is 2. The molecule has 1 unspecified atom stereocenters. The van der Waals surface area contributed by atoms with Crippen molar-refractivity contribution in [1.82, 2.24) is 10.2 Å². The van der Waals surface area contributed by atoms with Crippen molar-refractivity contribution in [2.24, 2.45) is 0 Å². The Bertz CT molecular complexity index is 765. The van der Waals surface area contributed by atoms with E-state index < -0.39 is 6.04 Å². The quantitative estimate of drug-likeness (QED) is 0.800. The lowest BCUT2D eigenvalue weighted by atomic mass is 10.2. The summed E-state index contributed by atoms with van der Waals surface area (Å²) in [6.45, 7) is 2.10. The number of carbonyl (C=O) groups excluding carboxylic acids is 2. The third-order valence-corrected chi connectivity index (χ3v) is 3.73. The van der Waals surface area contributed by atoms with Gasteiger partial charge in [0.15, 0.2) is 0 Å². The van der Waals surface area contributed by atoms with Crippen molar-refractivity contribution in [2.45, 2.75) is 19.5 Å². The van der Waals surface area contributed by atoms with Crippen LogP contribution >= 0.6 is 0 Å². The van der Waals surface area contributed by atoms with Gasteiger partial charge in [0.2, 0.25) is 11.8 Å². The smallest absolute Gasteiger partial charge is 0.241 e. The van der Waals surface area contributed by atoms with E-state index in [9.17, 15) is 9.59 Å². The predicted molar refractivity (Wildman–Crippen MR) is 92.4 cm³/mol. The van der Waals surface area contributed by atoms with Crippen LogP contribution in [0, 0.1) is 11.3 Å². The number of nitriles is 1. The minimum atomic E-state index is -0.514. The van der Waals surface area contributed by atoms with Gasteiger partial charge in [0.25, 0.3) is 0 Å². The van der Waals surface area contributed by atoms with E-state index in [1.54, 1.807) is 61.5 Å². The number of benzene rings is 1. The third-order valence-electron chi connectivity index (χ3n) is 3.73. The van der Waals surface area contributed by atoms with Crippen LogP contribution < -0.4 is 10.6 Å². The first-order valence-electron chi connectivity index (χ1n) is 7.80. The Balaban J connectivity index is 1.83. The molecule has 7 heteroatoms. The molecule has 0 aliphatic carbocycles. The Morgan fingerprint density at radius 3 is 2.80 bits per heavy atom. The van der Waals surface area contributed by atoms with Crippen LogP contribution in [0.1, 0.15) is 18.2 Å². The van der Waals surface area contributed by atoms with E-state index in [1.165, 1.54) is 0 Å². The van der Waals surface area contributed by atoms with E-state index in [0.717, 1.165) is 0 Å². The zero-order chi connectivity index (χ0) is 18.2. The number of furan rings is 1. The molecule has 0 fully saturated rings. The van der Waals surface area contributed by atoms with E-state index >= 15 is 0 Å². The van der Waals surface area contributed by atoms with Crippen LogP contribution in [-0.2, 0) is 16.1 Å². The van der Waals surface area contributed by atoms with Crippen LogP contribution in [0.25, 0.3) is 0 Å². The molecular weight excluding hydrogens is 320 g/mol. The first-order chi connectivity index (χ1) is 12.0. The molecule has 2 N–H and O–H groups in total. The average Bonchev–Trinajstić information content (AvgIpc) is 3.13. The van der Waals surface area contributed by atoms with Crippen LogP contribution in [0.3, 0.4) is 0 Å². The molecule has 0 saturated carbocycles. The molecule has 1 aromatic heterocycles. The van der Waals surface area contributed by atoms with E-state index in [1.807, 2.05) is 6.07 Å². The molecule has 0 bridgehead atoms. The summed E-state index contributed by atoms with van der Waals surface area (Å²) in [5.41, 5.74) is 1.02. The standard InChI is InChI=1S/C18H20N4O3/c1-13(18(24)21-15-6-3-5-14(9-15)10-19)22(2)12-17(23)20-11-16-7-4-8-25-16/h3-9,13H,11-12H2,1-2H3,(H,20,23)(H,21,24). The maximum atomic E-state index is 12.3. The molecule has 0 saturated heterocycles. The highest BCUT2D eigenvalue weighted by molar-refractivity contribution is 5.95. The fraction of sp³-hybridized carbons (Fsp3) is 0.278. The van der Waals surface area contributed by atoms with E-state index in [0.29, 0.717) is 23.6 Å². The highest BCUT2D eigenvalue weighted by Crippen LogP contribution is 2.11. The first-order valence-corrected chi connectivity index (χ1v) is 7.80. The van der Waals surface area contributed by atoms with Gasteiger partial charge in [0.05, 0.1) is 37.0 Å². The number of likely N-dealkylation sites (N-methyl/N-ethyl adjacent to an activating group) is 1. The Kier molecular flexibility index (Phi) is 6.32. The lowest BCUT2D eigenvalue weighted by Crippen LogP contribution is -2.44. The topological polar surface area (TPSA) is 98.4 Å². The molecule has 1 atom stereocenters. The fourth-order valence-corrected chi connectivity index (χ4v) is 2.13. The Hall–Kier alpha value is -3.11. The van der Waals surface area contributed by atoms with Gasteiger partial charge in [-0.1, -0.05) is 6.07 Å². The second-order valence-corrected chi connectivity index (χ2v) is 5.63. The Morgan fingerprint density at radius 2 is 2.12 bits per heavy atom. The van der Waals surface area contributed by atoms with Crippen LogP contribution in [0.4, 0.5) is 5.69 Å². The zero-order valence-corrected chi connectivity index (χ0v) is 14.2. The molecule has 25 heavy (non-hydrogen) atoms. The van der Waals surface area contributed by atoms with Gasteiger partial charge in [-0.2, -0.15) is 5.26 Å². The highest BCUT2D eigenvalue weighted by Gasteiger charge is 2.20. The monoisotopic (exact) mass is 340 g/mol. The summed E-state index contributed by atoms with van der Waals surface area (Å²) in [5.74, 6) is 0.209. The lowest BCUT2D eigenvalue weighted by Gasteiger charge is -2.23. The fourth-order valence-electron chi connectivity index (χ4n) is 2.13. The Labute approximate surface area is 146 Å². The molecule has 7 nitrogen and oxygen atoms in total. The number of amides is 2. The largest absolute Gasteiger partial charge is 0.467 e. The third kappa shape index (κ3) is 5.48. The minimum absolute atomic E-state index is 0.0769. The summed E-state index contributed by atoms with van der Waals surface area (Å²) >= 11 is 0. The van der Waals surface area contributed by atoms with Crippen molar-refractivity contribution in [2.75, 3.05) is 18.9 Å². The number of anilines is 1. The van der Waals surface area contributed by atoms with E-state index in [-0.39, 0.29) is 18.4 Å². The molecule has 0 aliphatic rings. The van der Waals surface area contributed by atoms with Crippen LogP contribution in [0.2, 0.25) is 0 Å². The van der Waals surface area contributed by atoms with Crippen molar-refractivity contribution in [3.63, 3.8) is 0 Å². The summed E-state index contributed by atoms with van der Waals surface area (Å²) in [6, 6.07) is 11.7. The maximum absolute atomic E-state index is 12.3. The molecular formula is C18H20N4O3.